The third-order valence-corrected chi connectivity index (χ3v) is 8.68. The summed E-state index contributed by atoms with van der Waals surface area (Å²) in [5.41, 5.74) is 7.64. The normalized spacial score (nSPS) is 21.1. The molecule has 0 spiro atoms. The van der Waals surface area contributed by atoms with Crippen molar-refractivity contribution in [2.75, 3.05) is 4.90 Å². The quantitative estimate of drug-likeness (QED) is 0.289. The molecule has 2 aliphatic carbocycles. The van der Waals surface area contributed by atoms with E-state index in [1.807, 2.05) is 12.1 Å². The lowest BCUT2D eigenvalue weighted by Crippen LogP contribution is -2.26. The number of carboxylic acids is 1. The van der Waals surface area contributed by atoms with Gasteiger partial charge in [0, 0.05) is 34.5 Å². The molecule has 0 bridgehead atoms. The number of rotatable bonds is 5. The molecular formula is C34H27NO4. The van der Waals surface area contributed by atoms with Gasteiger partial charge in [-0.2, -0.15) is 0 Å². The number of aromatic carboxylic acids is 1. The Balaban J connectivity index is 1.18. The van der Waals surface area contributed by atoms with Gasteiger partial charge in [-0.3, -0.25) is 9.59 Å². The van der Waals surface area contributed by atoms with Crippen LogP contribution in [0.1, 0.15) is 67.4 Å². The maximum atomic E-state index is 13.1. The summed E-state index contributed by atoms with van der Waals surface area (Å²) in [4.78, 5) is 40.1. The topological polar surface area (TPSA) is 74.7 Å². The van der Waals surface area contributed by atoms with Crippen molar-refractivity contribution in [1.29, 1.82) is 0 Å². The van der Waals surface area contributed by atoms with E-state index in [9.17, 15) is 19.5 Å². The van der Waals surface area contributed by atoms with E-state index in [1.54, 1.807) is 0 Å². The second kappa shape index (κ2) is 9.05. The minimum absolute atomic E-state index is 0.0252. The van der Waals surface area contributed by atoms with E-state index in [4.69, 9.17) is 0 Å². The van der Waals surface area contributed by atoms with Crippen molar-refractivity contribution in [3.63, 3.8) is 0 Å². The monoisotopic (exact) mass is 513 g/mol. The summed E-state index contributed by atoms with van der Waals surface area (Å²) in [5.74, 6) is -1.97. The fraction of sp³-hybridized carbons (Fsp3) is 0.206. The highest BCUT2D eigenvalue weighted by Gasteiger charge is 2.43. The van der Waals surface area contributed by atoms with Gasteiger partial charge in [0.2, 0.25) is 0 Å². The van der Waals surface area contributed by atoms with Crippen LogP contribution in [0.5, 0.6) is 0 Å². The van der Waals surface area contributed by atoms with Gasteiger partial charge < -0.3 is 10.0 Å². The van der Waals surface area contributed by atoms with Crippen LogP contribution >= 0.6 is 0 Å². The Morgan fingerprint density at radius 1 is 0.795 bits per heavy atom. The minimum Gasteiger partial charge on any atom is -0.478 e. The Hall–Kier alpha value is -4.51. The number of carboxylic acid groups (broad SMARTS) is 1. The molecule has 1 aliphatic heterocycles. The molecule has 192 valence electrons. The molecule has 7 rings (SSSR count). The van der Waals surface area contributed by atoms with Gasteiger partial charge in [-0.15, -0.1) is 0 Å². The largest absolute Gasteiger partial charge is 0.478 e. The van der Waals surface area contributed by atoms with E-state index in [2.05, 4.69) is 65.6 Å². The van der Waals surface area contributed by atoms with Crippen LogP contribution in [0.25, 0.3) is 11.1 Å². The summed E-state index contributed by atoms with van der Waals surface area (Å²) in [7, 11) is 0. The maximum Gasteiger partial charge on any atom is 0.335 e. The Labute approximate surface area is 226 Å². The highest BCUT2D eigenvalue weighted by atomic mass is 16.4. The van der Waals surface area contributed by atoms with Crippen molar-refractivity contribution in [2.24, 2.45) is 5.92 Å². The van der Waals surface area contributed by atoms with E-state index >= 15 is 0 Å². The van der Waals surface area contributed by atoms with Gasteiger partial charge in [0.05, 0.1) is 11.5 Å². The maximum absolute atomic E-state index is 13.1. The summed E-state index contributed by atoms with van der Waals surface area (Å²) >= 11 is 0. The lowest BCUT2D eigenvalue weighted by atomic mass is 9.91. The van der Waals surface area contributed by atoms with Gasteiger partial charge in [-0.1, -0.05) is 61.0 Å². The van der Waals surface area contributed by atoms with Gasteiger partial charge in [0.1, 0.15) is 0 Å². The van der Waals surface area contributed by atoms with E-state index < -0.39 is 11.9 Å². The number of nitrogens with zero attached hydrogens (tertiary/aromatic N) is 1. The third-order valence-electron chi connectivity index (χ3n) is 8.68. The highest BCUT2D eigenvalue weighted by Crippen LogP contribution is 2.52. The second-order valence-corrected chi connectivity index (χ2v) is 10.8. The van der Waals surface area contributed by atoms with Crippen LogP contribution < -0.4 is 4.90 Å². The van der Waals surface area contributed by atoms with Gasteiger partial charge in [-0.25, -0.2) is 4.79 Å². The van der Waals surface area contributed by atoms with E-state index in [1.165, 1.54) is 52.7 Å². The average molecular weight is 514 g/mol. The molecular weight excluding hydrogens is 486 g/mol. The van der Waals surface area contributed by atoms with Crippen molar-refractivity contribution >= 4 is 28.9 Å². The first-order valence-electron chi connectivity index (χ1n) is 13.5. The minimum atomic E-state index is -1.11. The first-order chi connectivity index (χ1) is 19.0. The molecule has 1 N–H and O–H groups in total. The molecule has 0 aromatic heterocycles. The molecule has 5 heteroatoms. The zero-order chi connectivity index (χ0) is 26.7. The molecule has 5 nitrogen and oxygen atoms in total. The van der Waals surface area contributed by atoms with Crippen molar-refractivity contribution in [3.8, 4) is 11.1 Å². The molecule has 1 fully saturated rings. The number of ketones is 2. The molecule has 39 heavy (non-hydrogen) atoms. The second-order valence-electron chi connectivity index (χ2n) is 10.8. The van der Waals surface area contributed by atoms with E-state index in [-0.39, 0.29) is 22.7 Å². The van der Waals surface area contributed by atoms with Gasteiger partial charge in [0.25, 0.3) is 0 Å². The fourth-order valence-electron chi connectivity index (χ4n) is 6.83. The van der Waals surface area contributed by atoms with Crippen LogP contribution in [0.2, 0.25) is 0 Å². The lowest BCUT2D eigenvalue weighted by molar-refractivity contribution is 0.0696. The summed E-state index contributed by atoms with van der Waals surface area (Å²) in [6.07, 6.45) is 3.77. The Kier molecular flexibility index (Phi) is 5.48. The predicted molar refractivity (Wildman–Crippen MR) is 150 cm³/mol. The van der Waals surface area contributed by atoms with Gasteiger partial charge in [0.15, 0.2) is 11.6 Å². The summed E-state index contributed by atoms with van der Waals surface area (Å²) in [6, 6.07) is 30.2. The highest BCUT2D eigenvalue weighted by molar-refractivity contribution is 6.27. The number of hydrogen-bond acceptors (Lipinski definition) is 4. The van der Waals surface area contributed by atoms with E-state index in [0.29, 0.717) is 23.9 Å². The zero-order valence-electron chi connectivity index (χ0n) is 21.3. The number of carbonyl (C=O) groups is 3. The number of carbonyl (C=O) groups excluding carboxylic acids is 2. The molecule has 3 unspecified atom stereocenters. The predicted octanol–water partition coefficient (Wildman–Crippen LogP) is 7.08. The molecule has 0 amide bonds. The molecule has 3 aliphatic rings. The summed E-state index contributed by atoms with van der Waals surface area (Å²) < 4.78 is 0. The molecule has 0 radical (unpaired) electrons. The zero-order valence-corrected chi connectivity index (χ0v) is 21.3. The Morgan fingerprint density at radius 2 is 1.54 bits per heavy atom. The molecule has 4 aromatic carbocycles. The van der Waals surface area contributed by atoms with Gasteiger partial charge in [-0.05, 0) is 77.9 Å². The Morgan fingerprint density at radius 3 is 2.31 bits per heavy atom. The van der Waals surface area contributed by atoms with Crippen molar-refractivity contribution in [3.05, 3.63) is 119 Å². The number of hydrogen-bond donors (Lipinski definition) is 1. The number of benzene rings is 4. The smallest absolute Gasteiger partial charge is 0.335 e. The summed E-state index contributed by atoms with van der Waals surface area (Å²) in [6.45, 7) is 0. The van der Waals surface area contributed by atoms with Crippen LogP contribution in [0, 0.1) is 5.92 Å². The first-order valence-corrected chi connectivity index (χ1v) is 13.5. The molecule has 0 saturated heterocycles. The molecule has 4 aromatic rings. The number of Topliss-reactive ketones (excluding diaryl/α,β-unsaturated/α-hetero) is 2. The van der Waals surface area contributed by atoms with Crippen LogP contribution in [-0.2, 0) is 6.42 Å². The Bertz CT molecular complexity index is 1640. The molecule has 1 heterocycles. The average Bonchev–Trinajstić information content (AvgIpc) is 3.62. The van der Waals surface area contributed by atoms with Crippen molar-refractivity contribution in [1.82, 2.24) is 0 Å². The van der Waals surface area contributed by atoms with Gasteiger partial charge >= 0.3 is 5.97 Å². The lowest BCUT2D eigenvalue weighted by Gasteiger charge is -2.27. The number of fused-ring (bicyclic) bond motifs is 4. The standard InChI is InChI=1S/C34H27NO4/c36-32-26-15-12-23(34(38)39)19-28(26)33(37)29(32)18-20-9-16-31-27(17-20)25-7-4-8-30(25)35(31)24-13-10-22(11-14-24)21-5-2-1-3-6-21/h1-3,5-6,9-17,19,25,29-30H,4,7-8,18H2,(H,38,39). The van der Waals surface area contributed by atoms with Crippen LogP contribution in [0.15, 0.2) is 91.0 Å². The molecule has 1 saturated carbocycles. The van der Waals surface area contributed by atoms with Crippen molar-refractivity contribution < 1.29 is 19.5 Å². The molecule has 3 atom stereocenters. The first kappa shape index (κ1) is 23.6. The van der Waals surface area contributed by atoms with Crippen LogP contribution in [-0.4, -0.2) is 28.7 Å². The van der Waals surface area contributed by atoms with Crippen LogP contribution in [0.4, 0.5) is 11.4 Å². The van der Waals surface area contributed by atoms with E-state index in [0.717, 1.165) is 18.4 Å². The summed E-state index contributed by atoms with van der Waals surface area (Å²) in [5, 5.41) is 9.30. The third kappa shape index (κ3) is 3.80. The van der Waals surface area contributed by atoms with Crippen molar-refractivity contribution in [2.45, 2.75) is 37.6 Å². The SMILES string of the molecule is O=C(O)c1ccc2c(c1)C(=O)C(Cc1ccc3c(c1)C1CCCC1N3c1ccc(-c3ccccc3)cc1)C2=O. The fourth-order valence-corrected chi connectivity index (χ4v) is 6.83. The van der Waals surface area contributed by atoms with Crippen LogP contribution in [0.3, 0.4) is 0 Å². The number of anilines is 2.